The first-order valence-electron chi connectivity index (χ1n) is 34.5. The number of hydrogen-bond donors (Lipinski definition) is 1. The van der Waals surface area contributed by atoms with Crippen LogP contribution in [0.5, 0.6) is 0 Å². The van der Waals surface area contributed by atoms with Gasteiger partial charge in [-0.2, -0.15) is 0 Å². The zero-order valence-electron chi connectivity index (χ0n) is 69.5. The van der Waals surface area contributed by atoms with Crippen molar-refractivity contribution >= 4 is 185 Å². The molecule has 0 saturated heterocycles. The zero-order valence-corrected chi connectivity index (χ0v) is 90.5. The molecule has 96 heavy (non-hydrogen) atoms. The first-order chi connectivity index (χ1) is 41.5. The summed E-state index contributed by atoms with van der Waals surface area (Å²) in [5.74, 6) is -0.118. The van der Waals surface area contributed by atoms with Crippen molar-refractivity contribution in [3.8, 4) is 0 Å². The highest BCUT2D eigenvalue weighted by Crippen LogP contribution is 2.36. The van der Waals surface area contributed by atoms with Gasteiger partial charge < -0.3 is 87.6 Å². The molecule has 0 fully saturated rings. The number of rotatable bonds is 48. The summed E-state index contributed by atoms with van der Waals surface area (Å²) < 4.78 is 138. The molecule has 43 heteroatoms. The maximum absolute atomic E-state index is 12.0. The molecule has 0 aromatic rings. The third kappa shape index (κ3) is 45.6. The highest BCUT2D eigenvalue weighted by Gasteiger charge is 2.55. The monoisotopic (exact) mass is 1720 g/mol. The van der Waals surface area contributed by atoms with Crippen LogP contribution in [0, 0.1) is 0 Å². The largest absolute Gasteiger partial charge is 0.436 e. The summed E-state index contributed by atoms with van der Waals surface area (Å²) in [6.07, 6.45) is 3.15. The van der Waals surface area contributed by atoms with Gasteiger partial charge in [0, 0.05) is 12.1 Å². The Balaban J connectivity index is 5.83. The van der Waals surface area contributed by atoms with Crippen LogP contribution in [0.25, 0.3) is 0 Å². The molecular formula is C53H147NO21Si21. The number of nitrogens with one attached hydrogen (secondary N) is 1. The van der Waals surface area contributed by atoms with Crippen LogP contribution in [-0.2, 0) is 87.1 Å². The van der Waals surface area contributed by atoms with E-state index in [2.05, 4.69) is 294 Å². The normalized spacial score (nSPS) is 15.6. The molecule has 0 saturated carbocycles. The molecule has 0 aromatic carbocycles. The van der Waals surface area contributed by atoms with E-state index in [0.29, 0.717) is 12.1 Å². The molecule has 0 heterocycles. The van der Waals surface area contributed by atoms with Crippen LogP contribution < -0.4 is 5.32 Å². The van der Waals surface area contributed by atoms with E-state index in [1.165, 1.54) is 6.42 Å². The Morgan fingerprint density at radius 1 is 0.240 bits per heavy atom. The summed E-state index contributed by atoms with van der Waals surface area (Å²) in [5, 5.41) is 2.93. The Kier molecular flexibility index (Phi) is 36.2. The van der Waals surface area contributed by atoms with Crippen LogP contribution in [0.1, 0.15) is 33.1 Å². The van der Waals surface area contributed by atoms with Crippen molar-refractivity contribution in [2.24, 2.45) is 0 Å². The molecular weight excluding hydrogens is 1580 g/mol. The fourth-order valence-corrected chi connectivity index (χ4v) is 123. The zero-order chi connectivity index (χ0) is 76.7. The van der Waals surface area contributed by atoms with E-state index in [1.54, 1.807) is 6.92 Å². The van der Waals surface area contributed by atoms with Crippen LogP contribution in [0.2, 0.25) is 287 Å². The van der Waals surface area contributed by atoms with Crippen LogP contribution >= 0.6 is 0 Å². The molecule has 22 nitrogen and oxygen atoms in total. The number of amides is 1. The Morgan fingerprint density at radius 2 is 0.365 bits per heavy atom. The van der Waals surface area contributed by atoms with E-state index in [-0.39, 0.29) is 5.91 Å². The molecule has 0 aliphatic carbocycles. The summed E-state index contributed by atoms with van der Waals surface area (Å²) in [6, 6.07) is 2.01. The van der Waals surface area contributed by atoms with E-state index in [4.69, 9.17) is 82.3 Å². The van der Waals surface area contributed by atoms with E-state index in [9.17, 15) is 4.79 Å². The highest BCUT2D eigenvalue weighted by molar-refractivity contribution is 6.96. The second-order valence-electron chi connectivity index (χ2n) is 35.4. The van der Waals surface area contributed by atoms with E-state index in [0.717, 1.165) is 24.9 Å². The van der Waals surface area contributed by atoms with Crippen molar-refractivity contribution in [1.29, 1.82) is 0 Å². The smallest absolute Gasteiger partial charge is 0.314 e. The first-order valence-corrected chi connectivity index (χ1v) is 94.2. The van der Waals surface area contributed by atoms with Crippen LogP contribution in [0.3, 0.4) is 0 Å². The molecule has 0 aliphatic rings. The van der Waals surface area contributed by atoms with E-state index >= 15 is 0 Å². The van der Waals surface area contributed by atoms with Crippen molar-refractivity contribution in [2.75, 3.05) is 6.54 Å². The lowest BCUT2D eigenvalue weighted by Crippen LogP contribution is -2.63. The fourth-order valence-electron chi connectivity index (χ4n) is 14.0. The van der Waals surface area contributed by atoms with Crippen molar-refractivity contribution < 1.29 is 87.1 Å². The molecule has 0 rings (SSSR count). The third-order valence-electron chi connectivity index (χ3n) is 12.7. The van der Waals surface area contributed by atoms with Gasteiger partial charge in [-0.3, -0.25) is 4.79 Å². The van der Waals surface area contributed by atoms with Crippen molar-refractivity contribution in [3.63, 3.8) is 0 Å². The fraction of sp³-hybridized carbons (Fsp3) is 0.943. The second kappa shape index (κ2) is 35.1. The molecule has 0 unspecified atom stereocenters. The topological polar surface area (TPSA) is 214 Å². The maximum atomic E-state index is 12.0. The Labute approximate surface area is 611 Å². The lowest BCUT2D eigenvalue weighted by molar-refractivity contribution is -0.117. The van der Waals surface area contributed by atoms with Gasteiger partial charge in [0.1, 0.15) is 0 Å². The standard InChI is InChI=1S/C53H147NO21Si21/c1-46-47-50-76(4,5)56-78(8,9)58-80(12,13)60-82(16,17)62-84(20,21)64-86(24,25)66-88(28,29)68-90(32,33)70-92(36,37)72-94(40,41)74-96(44,45)75-95(42,43)73-93(38,39)71-91(34,35)69-89(30,31)67-87(26,27)65-85(22,23)63-83(18,19)61-81(14,15)59-79(10,11)57-77(6,7)51-48-49-54-53(55)52(2)3/h2,46-51H2,1,3-45H3,(H,54,55). The first kappa shape index (κ1) is 99.0. The van der Waals surface area contributed by atoms with Crippen LogP contribution in [-0.4, -0.2) is 192 Å². The minimum Gasteiger partial charge on any atom is -0.436 e. The predicted octanol–water partition coefficient (Wildman–Crippen LogP) is 17.9. The minimum atomic E-state index is -2.89. The molecule has 0 aliphatic heterocycles. The number of carbonyl (C=O) groups is 1. The summed E-state index contributed by atoms with van der Waals surface area (Å²) >= 11 is 0. The summed E-state index contributed by atoms with van der Waals surface area (Å²) in [6.45, 7) is 95.8. The van der Waals surface area contributed by atoms with Crippen LogP contribution in [0.15, 0.2) is 12.2 Å². The Morgan fingerprint density at radius 3 is 0.490 bits per heavy atom. The maximum Gasteiger partial charge on any atom is 0.314 e. The van der Waals surface area contributed by atoms with E-state index in [1.807, 2.05) is 0 Å². The molecule has 0 bridgehead atoms. The number of hydrogen-bond acceptors (Lipinski definition) is 21. The predicted molar refractivity (Wildman–Crippen MR) is 446 cm³/mol. The number of unbranched alkanes of at least 4 members (excludes halogenated alkanes) is 1. The van der Waals surface area contributed by atoms with Gasteiger partial charge in [0.15, 0.2) is 16.6 Å². The van der Waals surface area contributed by atoms with Gasteiger partial charge in [0.25, 0.3) is 0 Å². The van der Waals surface area contributed by atoms with Gasteiger partial charge >= 0.3 is 163 Å². The quantitative estimate of drug-likeness (QED) is 0.0341. The SMILES string of the molecule is C=C(C)C(=O)NCCC[Si](C)(C)O[Si](C)(C)O[Si](C)(C)O[Si](C)(C)O[Si](C)(C)O[Si](C)(C)O[Si](C)(C)O[Si](C)(C)O[Si](C)(C)O[Si](C)(C)O[Si](C)(C)O[Si](C)(C)O[Si](C)(C)O[Si](C)(C)O[Si](C)(C)O[Si](C)(C)O[Si](C)(C)O[Si](C)(C)O[Si](C)(C)O[Si](C)(C)O[Si](C)(C)CCCC. The average Bonchev–Trinajstić information content (AvgIpc) is 0.816. The molecule has 574 valence electrons. The second-order valence-corrected chi connectivity index (χ2v) is 113. The van der Waals surface area contributed by atoms with Gasteiger partial charge in [-0.1, -0.05) is 26.3 Å². The molecule has 0 spiro atoms. The Bertz CT molecular complexity index is 2480. The van der Waals surface area contributed by atoms with Gasteiger partial charge in [-0.05, 0) is 300 Å². The molecule has 1 N–H and O–H groups in total. The highest BCUT2D eigenvalue weighted by atomic mass is 28.6. The number of carbonyl (C=O) groups excluding carboxylic acids is 1. The summed E-state index contributed by atoms with van der Waals surface area (Å²) in [7, 11) is -57.3. The molecule has 0 radical (unpaired) electrons. The third-order valence-corrected chi connectivity index (χ3v) is 94.9. The minimum absolute atomic E-state index is 0.118. The van der Waals surface area contributed by atoms with Gasteiger partial charge in [0.2, 0.25) is 5.91 Å². The molecule has 0 atom stereocenters. The Hall–Kier alpha value is 2.96. The average molecular weight is 1720 g/mol. The van der Waals surface area contributed by atoms with Crippen LogP contribution in [0.4, 0.5) is 0 Å². The van der Waals surface area contributed by atoms with Gasteiger partial charge in [0.05, 0.1) is 0 Å². The van der Waals surface area contributed by atoms with Crippen molar-refractivity contribution in [3.05, 3.63) is 12.2 Å². The van der Waals surface area contributed by atoms with Gasteiger partial charge in [-0.25, -0.2) is 0 Å². The van der Waals surface area contributed by atoms with Crippen molar-refractivity contribution in [2.45, 2.75) is 320 Å². The van der Waals surface area contributed by atoms with E-state index < -0.39 is 179 Å². The van der Waals surface area contributed by atoms with Crippen molar-refractivity contribution in [1.82, 2.24) is 5.32 Å². The molecule has 0 aromatic heterocycles. The summed E-state index contributed by atoms with van der Waals surface area (Å²) in [5.41, 5.74) is 0.506. The lowest BCUT2D eigenvalue weighted by Gasteiger charge is -2.45. The summed E-state index contributed by atoms with van der Waals surface area (Å²) in [4.78, 5) is 12.0. The lowest BCUT2D eigenvalue weighted by atomic mass is 10.3. The van der Waals surface area contributed by atoms with Gasteiger partial charge in [-0.15, -0.1) is 0 Å². The molecule has 1 amide bonds.